The van der Waals surface area contributed by atoms with Crippen LogP contribution in [0.1, 0.15) is 0 Å². The van der Waals surface area contributed by atoms with Crippen LogP contribution >= 0.6 is 16.1 Å². The Morgan fingerprint density at radius 1 is 1.25 bits per heavy atom. The summed E-state index contributed by atoms with van der Waals surface area (Å²) in [5, 5.41) is 0. The summed E-state index contributed by atoms with van der Waals surface area (Å²) in [4.78, 5) is 0. The van der Waals surface area contributed by atoms with Crippen molar-refractivity contribution in [1.82, 2.24) is 0 Å². The van der Waals surface area contributed by atoms with Gasteiger partial charge in [-0.05, 0) is 24.3 Å². The summed E-state index contributed by atoms with van der Waals surface area (Å²) in [5.74, 6) is -0.402. The number of halogens is 2. The number of hydrogen-bond acceptors (Lipinski definition) is 2. The van der Waals surface area contributed by atoms with E-state index in [2.05, 4.69) is 16.1 Å². The largest absolute Gasteiger partial charge is 0.234 e. The van der Waals surface area contributed by atoms with Gasteiger partial charge in [-0.3, -0.25) is 0 Å². The minimum atomic E-state index is -2.72. The fourth-order valence-corrected chi connectivity index (χ4v) is 1.22. The van der Waals surface area contributed by atoms with Crippen LogP contribution in [0.4, 0.5) is 10.1 Å². The Morgan fingerprint density at radius 3 is 2.17 bits per heavy atom. The second kappa shape index (κ2) is 3.86. The minimum absolute atomic E-state index is 0.368. The van der Waals surface area contributed by atoms with E-state index in [9.17, 15) is 12.8 Å². The van der Waals surface area contributed by atoms with E-state index in [-0.39, 0.29) is 0 Å². The molecule has 0 amide bonds. The third-order valence-corrected chi connectivity index (χ3v) is 2.89. The molecule has 0 aliphatic carbocycles. The lowest BCUT2D eigenvalue weighted by Crippen LogP contribution is -2.05. The number of hydrogen-bond donors (Lipinski definition) is 1. The Bertz CT molecular complexity index is 330. The molecule has 0 aromatic heterocycles. The third-order valence-electron chi connectivity index (χ3n) is 1.18. The van der Waals surface area contributed by atoms with Gasteiger partial charge in [-0.1, -0.05) is 0 Å². The fraction of sp³-hybridized carbons (Fsp3) is 0. The SMILES string of the molecule is O=[SH](=O)N(Br)c1ccc(F)cc1. The molecule has 0 N–H and O–H groups in total. The molecule has 66 valence electrons. The van der Waals surface area contributed by atoms with Gasteiger partial charge in [0.2, 0.25) is 10.9 Å². The predicted octanol–water partition coefficient (Wildman–Crippen LogP) is 1.47. The van der Waals surface area contributed by atoms with Gasteiger partial charge < -0.3 is 0 Å². The third kappa shape index (κ3) is 2.18. The number of thiol groups is 1. The summed E-state index contributed by atoms with van der Waals surface area (Å²) in [6.07, 6.45) is 0. The summed E-state index contributed by atoms with van der Waals surface area (Å²) < 4.78 is 34.0. The molecule has 0 unspecified atom stereocenters. The summed E-state index contributed by atoms with van der Waals surface area (Å²) in [5.41, 5.74) is 0.368. The Kier molecular flexibility index (Phi) is 3.05. The number of nitrogens with zero attached hydrogens (tertiary/aromatic N) is 1. The second-order valence-electron chi connectivity index (χ2n) is 1.97. The predicted molar refractivity (Wildman–Crippen MR) is 48.1 cm³/mol. The van der Waals surface area contributed by atoms with Crippen molar-refractivity contribution in [2.24, 2.45) is 0 Å². The van der Waals surface area contributed by atoms with Crippen molar-refractivity contribution >= 4 is 32.7 Å². The molecule has 0 spiro atoms. The average molecular weight is 254 g/mol. The first-order chi connectivity index (χ1) is 5.61. The smallest absolute Gasteiger partial charge is 0.209 e. The van der Waals surface area contributed by atoms with Crippen LogP contribution in [-0.4, -0.2) is 8.42 Å². The van der Waals surface area contributed by atoms with Crippen LogP contribution in [0, 0.1) is 5.82 Å². The van der Waals surface area contributed by atoms with E-state index in [0.29, 0.717) is 5.69 Å². The zero-order valence-corrected chi connectivity index (χ0v) is 8.26. The van der Waals surface area contributed by atoms with E-state index in [1.54, 1.807) is 0 Å². The molecule has 1 rings (SSSR count). The first-order valence-corrected chi connectivity index (χ1v) is 4.81. The zero-order chi connectivity index (χ0) is 9.14. The highest BCUT2D eigenvalue weighted by molar-refractivity contribution is 9.11. The maximum Gasteiger partial charge on any atom is 0.234 e. The highest BCUT2D eigenvalue weighted by Gasteiger charge is 2.02. The first kappa shape index (κ1) is 9.47. The molecule has 0 atom stereocenters. The average Bonchev–Trinajstić information content (AvgIpc) is 2.04. The van der Waals surface area contributed by atoms with Crippen LogP contribution in [0.25, 0.3) is 0 Å². The van der Waals surface area contributed by atoms with Crippen LogP contribution < -0.4 is 3.33 Å². The summed E-state index contributed by atoms with van der Waals surface area (Å²) in [6, 6.07) is 5.08. The molecule has 1 aromatic rings. The van der Waals surface area contributed by atoms with Gasteiger partial charge in [-0.15, -0.1) is 0 Å². The van der Waals surface area contributed by atoms with Gasteiger partial charge in [0.1, 0.15) is 5.82 Å². The molecular weight excluding hydrogens is 249 g/mol. The van der Waals surface area contributed by atoms with Crippen LogP contribution in [-0.2, 0) is 10.9 Å². The highest BCUT2D eigenvalue weighted by Crippen LogP contribution is 2.17. The van der Waals surface area contributed by atoms with Crippen molar-refractivity contribution in [3.8, 4) is 0 Å². The van der Waals surface area contributed by atoms with Crippen molar-refractivity contribution in [2.45, 2.75) is 0 Å². The van der Waals surface area contributed by atoms with E-state index in [4.69, 9.17) is 0 Å². The molecule has 0 bridgehead atoms. The van der Waals surface area contributed by atoms with E-state index in [1.807, 2.05) is 0 Å². The van der Waals surface area contributed by atoms with Gasteiger partial charge in [0.15, 0.2) is 0 Å². The quantitative estimate of drug-likeness (QED) is 0.641. The summed E-state index contributed by atoms with van der Waals surface area (Å²) in [6.45, 7) is 0. The van der Waals surface area contributed by atoms with Crippen LogP contribution in [0.3, 0.4) is 0 Å². The van der Waals surface area contributed by atoms with Crippen LogP contribution in [0.2, 0.25) is 0 Å². The van der Waals surface area contributed by atoms with Crippen molar-refractivity contribution < 1.29 is 12.8 Å². The van der Waals surface area contributed by atoms with Crippen molar-refractivity contribution in [3.63, 3.8) is 0 Å². The zero-order valence-electron chi connectivity index (χ0n) is 5.78. The molecule has 6 heteroatoms. The Morgan fingerprint density at radius 2 is 1.75 bits per heavy atom. The molecule has 0 heterocycles. The van der Waals surface area contributed by atoms with Gasteiger partial charge in [0, 0.05) is 0 Å². The Labute approximate surface area is 79.2 Å². The molecule has 0 fully saturated rings. The van der Waals surface area contributed by atoms with E-state index >= 15 is 0 Å². The van der Waals surface area contributed by atoms with Gasteiger partial charge >= 0.3 is 0 Å². The first-order valence-electron chi connectivity index (χ1n) is 2.97. The number of rotatable bonds is 2. The molecule has 12 heavy (non-hydrogen) atoms. The summed E-state index contributed by atoms with van der Waals surface area (Å²) in [7, 11) is -2.72. The molecule has 0 aliphatic heterocycles. The van der Waals surface area contributed by atoms with Crippen molar-refractivity contribution in [2.75, 3.05) is 3.33 Å². The van der Waals surface area contributed by atoms with E-state index < -0.39 is 16.7 Å². The lowest BCUT2D eigenvalue weighted by atomic mass is 10.3. The van der Waals surface area contributed by atoms with Gasteiger partial charge in [-0.2, -0.15) is 0 Å². The van der Waals surface area contributed by atoms with Crippen LogP contribution in [0.5, 0.6) is 0 Å². The van der Waals surface area contributed by atoms with Crippen LogP contribution in [0.15, 0.2) is 24.3 Å². The standard InChI is InChI=1S/C6H5BrFNO2S/c7-9(12(10)11)6-3-1-5(8)2-4-6/h1-4,12H. The normalized spacial score (nSPS) is 10.2. The fourth-order valence-electron chi connectivity index (χ4n) is 0.658. The Hall–Kier alpha value is -0.620. The second-order valence-corrected chi connectivity index (χ2v) is 4.11. The molecule has 0 saturated carbocycles. The maximum absolute atomic E-state index is 12.4. The molecule has 0 radical (unpaired) electrons. The molecule has 1 aromatic carbocycles. The molecular formula is C6H5BrFNO2S. The number of anilines is 1. The molecule has 0 aliphatic rings. The topological polar surface area (TPSA) is 37.4 Å². The molecule has 3 nitrogen and oxygen atoms in total. The maximum atomic E-state index is 12.4. The van der Waals surface area contributed by atoms with Gasteiger partial charge in [0.05, 0.1) is 21.8 Å². The monoisotopic (exact) mass is 253 g/mol. The van der Waals surface area contributed by atoms with Crippen molar-refractivity contribution in [1.29, 1.82) is 0 Å². The lowest BCUT2D eigenvalue weighted by molar-refractivity contribution is 0.616. The van der Waals surface area contributed by atoms with E-state index in [1.165, 1.54) is 24.3 Å². The molecule has 0 saturated heterocycles. The Balaban J connectivity index is 2.97. The highest BCUT2D eigenvalue weighted by atomic mass is 79.9. The van der Waals surface area contributed by atoms with Gasteiger partial charge in [0.25, 0.3) is 0 Å². The minimum Gasteiger partial charge on any atom is -0.209 e. The van der Waals surface area contributed by atoms with Crippen molar-refractivity contribution in [3.05, 3.63) is 30.1 Å². The van der Waals surface area contributed by atoms with E-state index in [0.717, 1.165) is 3.33 Å². The number of benzene rings is 1. The lowest BCUT2D eigenvalue weighted by Gasteiger charge is -2.06. The summed E-state index contributed by atoms with van der Waals surface area (Å²) >= 11 is 2.79. The van der Waals surface area contributed by atoms with Gasteiger partial charge in [-0.25, -0.2) is 16.1 Å².